The van der Waals surface area contributed by atoms with Crippen LogP contribution in [0.2, 0.25) is 0 Å². The van der Waals surface area contributed by atoms with Gasteiger partial charge in [-0.15, -0.1) is 0 Å². The minimum atomic E-state index is -0.535. The average molecular weight is 346 g/mol. The number of aldehydes is 1. The van der Waals surface area contributed by atoms with Crippen LogP contribution in [0.5, 0.6) is 0 Å². The molecule has 0 aromatic carbocycles. The molecule has 0 heterocycles. The Morgan fingerprint density at radius 3 is 1.83 bits per heavy atom. The SMILES string of the molecule is CC.CC.CC(C)(C)OC(=O)N[C@@H]1C[C@H](C=O)C[C@@H]1OC(C)(C)C. The molecule has 1 N–H and O–H groups in total. The molecule has 5 nitrogen and oxygen atoms in total. The van der Waals surface area contributed by atoms with Crippen molar-refractivity contribution in [2.75, 3.05) is 0 Å². The molecule has 3 atom stereocenters. The average Bonchev–Trinajstić information content (AvgIpc) is 2.81. The molecular formula is C19H39NO4. The van der Waals surface area contributed by atoms with E-state index in [4.69, 9.17) is 9.47 Å². The van der Waals surface area contributed by atoms with Gasteiger partial charge >= 0.3 is 6.09 Å². The molecule has 24 heavy (non-hydrogen) atoms. The number of nitrogens with one attached hydrogen (secondary N) is 1. The van der Waals surface area contributed by atoms with Crippen LogP contribution in [0, 0.1) is 5.92 Å². The van der Waals surface area contributed by atoms with Gasteiger partial charge in [0.15, 0.2) is 0 Å². The standard InChI is InChI=1S/C15H27NO4.2C2H6/c1-14(2,3)19-12-8-10(9-17)7-11(12)16-13(18)20-15(4,5)6;2*1-2/h9-12H,7-8H2,1-6H3,(H,16,18);2*1-2H3/t10-,11+,12-;;/m0../s1. The van der Waals surface area contributed by atoms with Gasteiger partial charge in [0.25, 0.3) is 0 Å². The molecule has 5 heteroatoms. The van der Waals surface area contributed by atoms with Crippen molar-refractivity contribution in [3.05, 3.63) is 0 Å². The van der Waals surface area contributed by atoms with Crippen LogP contribution in [0.25, 0.3) is 0 Å². The Hall–Kier alpha value is -1.10. The highest BCUT2D eigenvalue weighted by Crippen LogP contribution is 2.30. The van der Waals surface area contributed by atoms with Crippen molar-refractivity contribution in [1.29, 1.82) is 0 Å². The maximum absolute atomic E-state index is 11.8. The van der Waals surface area contributed by atoms with Gasteiger partial charge in [0.05, 0.1) is 17.7 Å². The number of hydrogen-bond donors (Lipinski definition) is 1. The minimum absolute atomic E-state index is 0.0673. The molecule has 0 unspecified atom stereocenters. The van der Waals surface area contributed by atoms with Crippen LogP contribution in [-0.2, 0) is 14.3 Å². The topological polar surface area (TPSA) is 64.6 Å². The number of alkyl carbamates (subject to hydrolysis) is 1. The molecule has 0 aromatic rings. The zero-order valence-electron chi connectivity index (χ0n) is 17.4. The van der Waals surface area contributed by atoms with E-state index in [2.05, 4.69) is 5.32 Å². The van der Waals surface area contributed by atoms with E-state index in [-0.39, 0.29) is 23.7 Å². The molecule has 0 aliphatic heterocycles. The highest BCUT2D eigenvalue weighted by molar-refractivity contribution is 5.68. The van der Waals surface area contributed by atoms with Crippen LogP contribution in [0.1, 0.15) is 82.1 Å². The van der Waals surface area contributed by atoms with Crippen molar-refractivity contribution in [2.45, 2.75) is 105 Å². The summed E-state index contributed by atoms with van der Waals surface area (Å²) in [4.78, 5) is 22.8. The zero-order valence-corrected chi connectivity index (χ0v) is 17.4. The third-order valence-corrected chi connectivity index (χ3v) is 2.94. The third kappa shape index (κ3) is 11.4. The van der Waals surface area contributed by atoms with Gasteiger partial charge in [-0.3, -0.25) is 0 Å². The van der Waals surface area contributed by atoms with Crippen molar-refractivity contribution in [1.82, 2.24) is 5.32 Å². The summed E-state index contributed by atoms with van der Waals surface area (Å²) in [5.41, 5.74) is -0.844. The summed E-state index contributed by atoms with van der Waals surface area (Å²) in [6, 6.07) is -0.181. The van der Waals surface area contributed by atoms with E-state index in [0.29, 0.717) is 12.8 Å². The second kappa shape index (κ2) is 11.5. The van der Waals surface area contributed by atoms with Crippen LogP contribution >= 0.6 is 0 Å². The number of rotatable bonds is 3. The normalized spacial score (nSPS) is 23.2. The molecule has 0 bridgehead atoms. The smallest absolute Gasteiger partial charge is 0.407 e. The molecule has 1 aliphatic rings. The summed E-state index contributed by atoms with van der Waals surface area (Å²) in [5, 5.41) is 2.83. The van der Waals surface area contributed by atoms with Crippen LogP contribution in [-0.4, -0.2) is 35.7 Å². The molecular weight excluding hydrogens is 306 g/mol. The maximum Gasteiger partial charge on any atom is 0.407 e. The monoisotopic (exact) mass is 345 g/mol. The van der Waals surface area contributed by atoms with E-state index in [9.17, 15) is 9.59 Å². The fourth-order valence-electron chi connectivity index (χ4n) is 2.34. The zero-order chi connectivity index (χ0) is 19.6. The fraction of sp³-hybridized carbons (Fsp3) is 0.895. The van der Waals surface area contributed by atoms with E-state index in [1.165, 1.54) is 0 Å². The minimum Gasteiger partial charge on any atom is -0.444 e. The van der Waals surface area contributed by atoms with Crippen molar-refractivity contribution < 1.29 is 19.1 Å². The predicted octanol–water partition coefficient (Wildman–Crippen LogP) is 4.72. The van der Waals surface area contributed by atoms with Gasteiger partial charge in [-0.1, -0.05) is 27.7 Å². The third-order valence-electron chi connectivity index (χ3n) is 2.94. The highest BCUT2D eigenvalue weighted by Gasteiger charge is 2.38. The van der Waals surface area contributed by atoms with Gasteiger partial charge < -0.3 is 19.6 Å². The molecule has 0 spiro atoms. The molecule has 1 fully saturated rings. The maximum atomic E-state index is 11.8. The first-order chi connectivity index (χ1) is 11.0. The Balaban J connectivity index is 0. The number of hydrogen-bond acceptors (Lipinski definition) is 4. The van der Waals surface area contributed by atoms with Gasteiger partial charge in [-0.05, 0) is 54.4 Å². The van der Waals surface area contributed by atoms with Crippen molar-refractivity contribution in [3.63, 3.8) is 0 Å². The first-order valence-electron chi connectivity index (χ1n) is 9.13. The summed E-state index contributed by atoms with van der Waals surface area (Å²) in [7, 11) is 0. The summed E-state index contributed by atoms with van der Waals surface area (Å²) in [5.74, 6) is -0.0673. The molecule has 1 amide bonds. The summed E-state index contributed by atoms with van der Waals surface area (Å²) in [6.07, 6.45) is 1.56. The number of ether oxygens (including phenoxy) is 2. The van der Waals surface area contributed by atoms with Gasteiger partial charge in [0, 0.05) is 5.92 Å². The van der Waals surface area contributed by atoms with Crippen LogP contribution in [0.15, 0.2) is 0 Å². The summed E-state index contributed by atoms with van der Waals surface area (Å²) in [6.45, 7) is 19.3. The second-order valence-electron chi connectivity index (χ2n) is 7.39. The van der Waals surface area contributed by atoms with Crippen molar-refractivity contribution in [3.8, 4) is 0 Å². The van der Waals surface area contributed by atoms with Crippen LogP contribution < -0.4 is 5.32 Å². The van der Waals surface area contributed by atoms with E-state index in [1.807, 2.05) is 69.2 Å². The molecule has 0 radical (unpaired) electrons. The fourth-order valence-corrected chi connectivity index (χ4v) is 2.34. The molecule has 1 rings (SSSR count). The number of carbonyl (C=O) groups excluding carboxylic acids is 2. The summed E-state index contributed by atoms with van der Waals surface area (Å²) >= 11 is 0. The van der Waals surface area contributed by atoms with Gasteiger partial charge in [-0.2, -0.15) is 0 Å². The molecule has 0 saturated heterocycles. The van der Waals surface area contributed by atoms with Crippen LogP contribution in [0.3, 0.4) is 0 Å². The lowest BCUT2D eigenvalue weighted by Crippen LogP contribution is -2.45. The van der Waals surface area contributed by atoms with Gasteiger partial charge in [-0.25, -0.2) is 4.79 Å². The van der Waals surface area contributed by atoms with Gasteiger partial charge in [0.2, 0.25) is 0 Å². The van der Waals surface area contributed by atoms with Crippen LogP contribution in [0.4, 0.5) is 4.79 Å². The molecule has 144 valence electrons. The molecule has 0 aromatic heterocycles. The Morgan fingerprint density at radius 1 is 0.958 bits per heavy atom. The van der Waals surface area contributed by atoms with E-state index < -0.39 is 11.7 Å². The predicted molar refractivity (Wildman–Crippen MR) is 99.3 cm³/mol. The van der Waals surface area contributed by atoms with Crippen molar-refractivity contribution >= 4 is 12.4 Å². The summed E-state index contributed by atoms with van der Waals surface area (Å²) < 4.78 is 11.2. The quantitative estimate of drug-likeness (QED) is 0.751. The van der Waals surface area contributed by atoms with Gasteiger partial charge in [0.1, 0.15) is 11.9 Å². The lowest BCUT2D eigenvalue weighted by molar-refractivity contribution is -0.111. The number of carbonyl (C=O) groups is 2. The Morgan fingerprint density at radius 2 is 1.46 bits per heavy atom. The lowest BCUT2D eigenvalue weighted by Gasteiger charge is -2.30. The molecule has 1 saturated carbocycles. The highest BCUT2D eigenvalue weighted by atomic mass is 16.6. The Labute approximate surface area is 148 Å². The first kappa shape index (κ1) is 25.1. The van der Waals surface area contributed by atoms with E-state index in [0.717, 1.165) is 6.29 Å². The Kier molecular flexibility index (Phi) is 12.0. The first-order valence-corrected chi connectivity index (χ1v) is 9.13. The molecule has 1 aliphatic carbocycles. The largest absolute Gasteiger partial charge is 0.444 e. The van der Waals surface area contributed by atoms with Crippen molar-refractivity contribution in [2.24, 2.45) is 5.92 Å². The Bertz CT molecular complexity index is 355. The second-order valence-corrected chi connectivity index (χ2v) is 7.39. The lowest BCUT2D eigenvalue weighted by atomic mass is 10.1. The van der Waals surface area contributed by atoms with E-state index >= 15 is 0 Å². The number of amides is 1. The van der Waals surface area contributed by atoms with E-state index in [1.54, 1.807) is 0 Å².